The van der Waals surface area contributed by atoms with Crippen LogP contribution in [0.15, 0.2) is 54.6 Å². The molecule has 0 radical (unpaired) electrons. The van der Waals surface area contributed by atoms with E-state index in [1.807, 2.05) is 42.5 Å². The Kier molecular flexibility index (Phi) is 15.3. The number of carboxylic acid groups (broad SMARTS) is 1. The Morgan fingerprint density at radius 3 is 1.75 bits per heavy atom. The van der Waals surface area contributed by atoms with Gasteiger partial charge in [-0.15, -0.1) is 0 Å². The molecule has 0 aliphatic heterocycles. The molecule has 6 unspecified atom stereocenters. The van der Waals surface area contributed by atoms with Crippen LogP contribution >= 0.6 is 7.37 Å². The first kappa shape index (κ1) is 40.0. The van der Waals surface area contributed by atoms with Crippen LogP contribution in [0.4, 0.5) is 4.79 Å². The molecule has 0 fully saturated rings. The molecule has 3 N–H and O–H groups in total. The standard InChI is InChI=1S/C34H47N2O11P/c1-20(2)32(40)44-24(7)46-34(42)36-23(6)48(43,47-25(8)45-33(41)21(3)4)19-29(30(37)35-22(5)31(38)39)18-26-14-16-28(17-15-26)27-12-10-9-11-13-27/h9-17,20-25,29H,18-19H2,1-8H3,(H,35,37)(H,36,42)(H,38,39). The van der Waals surface area contributed by atoms with Crippen LogP contribution in [0.3, 0.4) is 0 Å². The number of alkyl carbamates (subject to hydrolysis) is 1. The first-order valence-electron chi connectivity index (χ1n) is 15.7. The Balaban J connectivity index is 2.41. The Bertz CT molecular complexity index is 1450. The lowest BCUT2D eigenvalue weighted by atomic mass is 9.97. The molecule has 0 heterocycles. The summed E-state index contributed by atoms with van der Waals surface area (Å²) in [6.45, 7) is 11.8. The van der Waals surface area contributed by atoms with Crippen molar-refractivity contribution in [2.45, 2.75) is 86.2 Å². The zero-order valence-electron chi connectivity index (χ0n) is 28.6. The number of ether oxygens (including phenoxy) is 3. The molecule has 6 atom stereocenters. The maximum atomic E-state index is 14.7. The van der Waals surface area contributed by atoms with Gasteiger partial charge in [0.05, 0.1) is 17.8 Å². The molecule has 0 aromatic heterocycles. The molecule has 0 aliphatic rings. The fraction of sp³-hybridized carbons (Fsp3) is 0.500. The zero-order valence-corrected chi connectivity index (χ0v) is 29.5. The SMILES string of the molecule is CC(OC(=O)NC(C)P(=O)(CC(Cc1ccc(-c2ccccc2)cc1)C(=O)NC(C)C(=O)O)OC(C)OC(=O)C(C)C)OC(=O)C(C)C. The summed E-state index contributed by atoms with van der Waals surface area (Å²) in [5, 5.41) is 14.3. The van der Waals surface area contributed by atoms with Crippen molar-refractivity contribution >= 4 is 37.3 Å². The molecule has 0 saturated carbocycles. The average molecular weight is 691 g/mol. The van der Waals surface area contributed by atoms with Crippen molar-refractivity contribution in [3.8, 4) is 11.1 Å². The van der Waals surface area contributed by atoms with E-state index in [2.05, 4.69) is 10.6 Å². The van der Waals surface area contributed by atoms with Crippen LogP contribution in [0.25, 0.3) is 11.1 Å². The number of nitrogens with one attached hydrogen (secondary N) is 2. The van der Waals surface area contributed by atoms with Gasteiger partial charge in [0.1, 0.15) is 11.8 Å². The predicted molar refractivity (Wildman–Crippen MR) is 178 cm³/mol. The van der Waals surface area contributed by atoms with Crippen molar-refractivity contribution in [3.63, 3.8) is 0 Å². The maximum absolute atomic E-state index is 14.7. The second-order valence-corrected chi connectivity index (χ2v) is 14.9. The Hall–Kier alpha value is -4.22. The monoisotopic (exact) mass is 690 g/mol. The summed E-state index contributed by atoms with van der Waals surface area (Å²) in [7, 11) is -4.17. The molecule has 2 amide bonds. The summed E-state index contributed by atoms with van der Waals surface area (Å²) >= 11 is 0. The lowest BCUT2D eigenvalue weighted by molar-refractivity contribution is -0.169. The van der Waals surface area contributed by atoms with Gasteiger partial charge < -0.3 is 30.0 Å². The van der Waals surface area contributed by atoms with Crippen molar-refractivity contribution in [2.75, 3.05) is 6.16 Å². The predicted octanol–water partition coefficient (Wildman–Crippen LogP) is 5.56. The number of esters is 2. The highest BCUT2D eigenvalue weighted by atomic mass is 31.2. The summed E-state index contributed by atoms with van der Waals surface area (Å²) < 4.78 is 36.0. The summed E-state index contributed by atoms with van der Waals surface area (Å²) in [4.78, 5) is 62.0. The van der Waals surface area contributed by atoms with Crippen LogP contribution < -0.4 is 10.6 Å². The fourth-order valence-electron chi connectivity index (χ4n) is 4.33. The van der Waals surface area contributed by atoms with Gasteiger partial charge in [0.25, 0.3) is 0 Å². The van der Waals surface area contributed by atoms with E-state index < -0.39 is 85.6 Å². The third kappa shape index (κ3) is 12.8. The minimum absolute atomic E-state index is 0.0279. The normalized spacial score (nSPS) is 15.6. The van der Waals surface area contributed by atoms with Gasteiger partial charge in [0, 0.05) is 13.1 Å². The lowest BCUT2D eigenvalue weighted by Crippen LogP contribution is -2.44. The second kappa shape index (κ2) is 18.4. The summed E-state index contributed by atoms with van der Waals surface area (Å²) in [6.07, 6.45) is -4.15. The number of hydrogen-bond acceptors (Lipinski definition) is 10. The van der Waals surface area contributed by atoms with E-state index in [1.54, 1.807) is 39.8 Å². The van der Waals surface area contributed by atoms with Gasteiger partial charge in [-0.25, -0.2) is 4.79 Å². The van der Waals surface area contributed by atoms with E-state index in [0.29, 0.717) is 5.56 Å². The largest absolute Gasteiger partial charge is 0.480 e. The molecule has 13 nitrogen and oxygen atoms in total. The number of carbonyl (C=O) groups is 5. The Morgan fingerprint density at radius 1 is 0.708 bits per heavy atom. The highest BCUT2D eigenvalue weighted by Gasteiger charge is 2.40. The molecule has 2 rings (SSSR count). The highest BCUT2D eigenvalue weighted by molar-refractivity contribution is 7.59. The Labute approximate surface area is 281 Å². The number of amides is 2. The van der Waals surface area contributed by atoms with Crippen LogP contribution in [-0.4, -0.2) is 65.6 Å². The van der Waals surface area contributed by atoms with Crippen molar-refractivity contribution in [2.24, 2.45) is 17.8 Å². The number of carboxylic acids is 1. The molecule has 0 bridgehead atoms. The molecule has 0 aliphatic carbocycles. The molecule has 2 aromatic carbocycles. The lowest BCUT2D eigenvalue weighted by Gasteiger charge is -2.31. The number of carbonyl (C=O) groups excluding carboxylic acids is 4. The molecule has 14 heteroatoms. The van der Waals surface area contributed by atoms with Gasteiger partial charge >= 0.3 is 24.0 Å². The van der Waals surface area contributed by atoms with E-state index in [9.17, 15) is 33.6 Å². The Morgan fingerprint density at radius 2 is 1.23 bits per heavy atom. The highest BCUT2D eigenvalue weighted by Crippen LogP contribution is 2.54. The molecule has 48 heavy (non-hydrogen) atoms. The van der Waals surface area contributed by atoms with Crippen LogP contribution in [-0.2, 0) is 48.9 Å². The van der Waals surface area contributed by atoms with Gasteiger partial charge in [-0.3, -0.25) is 28.3 Å². The smallest absolute Gasteiger partial charge is 0.410 e. The van der Waals surface area contributed by atoms with E-state index in [1.165, 1.54) is 27.7 Å². The first-order chi connectivity index (χ1) is 22.4. The van der Waals surface area contributed by atoms with Gasteiger partial charge in [-0.05, 0) is 43.9 Å². The van der Waals surface area contributed by atoms with Crippen molar-refractivity contribution in [1.29, 1.82) is 0 Å². The van der Waals surface area contributed by atoms with E-state index in [-0.39, 0.29) is 6.42 Å². The zero-order chi connectivity index (χ0) is 36.2. The molecule has 0 spiro atoms. The first-order valence-corrected chi connectivity index (χ1v) is 17.6. The molecular formula is C34H47N2O11P. The van der Waals surface area contributed by atoms with Crippen LogP contribution in [0.2, 0.25) is 0 Å². The van der Waals surface area contributed by atoms with Crippen molar-refractivity contribution in [1.82, 2.24) is 10.6 Å². The second-order valence-electron chi connectivity index (χ2n) is 12.1. The average Bonchev–Trinajstić information content (AvgIpc) is 3.00. The molecule has 264 valence electrons. The fourth-order valence-corrected chi connectivity index (χ4v) is 6.67. The molecule has 0 saturated heterocycles. The number of benzene rings is 2. The van der Waals surface area contributed by atoms with Crippen LogP contribution in [0.5, 0.6) is 0 Å². The van der Waals surface area contributed by atoms with Crippen LogP contribution in [0, 0.1) is 17.8 Å². The summed E-state index contributed by atoms with van der Waals surface area (Å²) in [6, 6.07) is 15.7. The third-order valence-electron chi connectivity index (χ3n) is 7.14. The summed E-state index contributed by atoms with van der Waals surface area (Å²) in [5.41, 5.74) is 2.60. The van der Waals surface area contributed by atoms with Gasteiger partial charge in [-0.2, -0.15) is 0 Å². The quantitative estimate of drug-likeness (QED) is 0.107. The molecular weight excluding hydrogens is 643 g/mol. The topological polar surface area (TPSA) is 184 Å². The van der Waals surface area contributed by atoms with E-state index in [0.717, 1.165) is 11.1 Å². The number of rotatable bonds is 17. The molecule has 2 aromatic rings. The van der Waals surface area contributed by atoms with Crippen molar-refractivity contribution in [3.05, 3.63) is 60.2 Å². The van der Waals surface area contributed by atoms with Crippen molar-refractivity contribution < 1.29 is 52.4 Å². The maximum Gasteiger partial charge on any atom is 0.410 e. The van der Waals surface area contributed by atoms with Gasteiger partial charge in [0.15, 0.2) is 0 Å². The summed E-state index contributed by atoms with van der Waals surface area (Å²) in [5.74, 6) is -6.61. The number of aliphatic carboxylic acids is 1. The number of hydrogen-bond donors (Lipinski definition) is 3. The van der Waals surface area contributed by atoms with E-state index >= 15 is 0 Å². The van der Waals surface area contributed by atoms with Crippen LogP contribution in [0.1, 0.15) is 61.0 Å². The van der Waals surface area contributed by atoms with E-state index in [4.69, 9.17) is 18.7 Å². The third-order valence-corrected chi connectivity index (χ3v) is 10.1. The minimum atomic E-state index is -4.17. The van der Waals surface area contributed by atoms with Gasteiger partial charge in [0.2, 0.25) is 25.9 Å². The van der Waals surface area contributed by atoms with Gasteiger partial charge in [-0.1, -0.05) is 82.3 Å². The minimum Gasteiger partial charge on any atom is -0.480 e.